The van der Waals surface area contributed by atoms with Crippen molar-refractivity contribution in [3.63, 3.8) is 0 Å². The number of para-hydroxylation sites is 1. The lowest BCUT2D eigenvalue weighted by atomic mass is 10.2. The first kappa shape index (κ1) is 16.5. The van der Waals surface area contributed by atoms with E-state index in [1.807, 2.05) is 25.1 Å². The molecular formula is C18H16N2O5. The number of amides is 1. The molecule has 0 radical (unpaired) electrons. The predicted octanol–water partition coefficient (Wildman–Crippen LogP) is 2.35. The SMILES string of the molecule is CCN(C(=O)Cn1c(=O)oc2ccc(C(=O)O)cc21)c1ccccc1. The number of aromatic nitrogens is 1. The van der Waals surface area contributed by atoms with E-state index < -0.39 is 11.7 Å². The average molecular weight is 340 g/mol. The van der Waals surface area contributed by atoms with Crippen LogP contribution < -0.4 is 10.7 Å². The van der Waals surface area contributed by atoms with Crippen LogP contribution in [-0.2, 0) is 11.3 Å². The number of benzene rings is 2. The van der Waals surface area contributed by atoms with E-state index in [2.05, 4.69) is 0 Å². The second-order valence-electron chi connectivity index (χ2n) is 5.42. The standard InChI is InChI=1S/C18H16N2O5/c1-2-19(13-6-4-3-5-7-13)16(21)11-20-14-10-12(17(22)23)8-9-15(14)25-18(20)24/h3-10H,2,11H2,1H3,(H,22,23). The first-order valence-corrected chi connectivity index (χ1v) is 7.73. The Balaban J connectivity index is 1.98. The highest BCUT2D eigenvalue weighted by Gasteiger charge is 2.19. The minimum atomic E-state index is -1.12. The van der Waals surface area contributed by atoms with Crippen LogP contribution in [0.4, 0.5) is 5.69 Å². The number of carbonyl (C=O) groups is 2. The third kappa shape index (κ3) is 3.16. The molecule has 128 valence electrons. The van der Waals surface area contributed by atoms with Gasteiger partial charge in [0.1, 0.15) is 6.54 Å². The Bertz CT molecular complexity index is 988. The smallest absolute Gasteiger partial charge is 0.420 e. The Labute approximate surface area is 142 Å². The topological polar surface area (TPSA) is 92.8 Å². The summed E-state index contributed by atoms with van der Waals surface area (Å²) in [4.78, 5) is 37.4. The van der Waals surface area contributed by atoms with Gasteiger partial charge in [0.05, 0.1) is 11.1 Å². The van der Waals surface area contributed by atoms with Crippen molar-refractivity contribution in [2.24, 2.45) is 0 Å². The van der Waals surface area contributed by atoms with Gasteiger partial charge in [-0.1, -0.05) is 18.2 Å². The number of fused-ring (bicyclic) bond motifs is 1. The van der Waals surface area contributed by atoms with Crippen LogP contribution in [0.1, 0.15) is 17.3 Å². The second-order valence-corrected chi connectivity index (χ2v) is 5.42. The molecule has 0 saturated heterocycles. The lowest BCUT2D eigenvalue weighted by molar-refractivity contribution is -0.119. The first-order valence-electron chi connectivity index (χ1n) is 7.73. The van der Waals surface area contributed by atoms with Crippen molar-refractivity contribution in [2.75, 3.05) is 11.4 Å². The van der Waals surface area contributed by atoms with Gasteiger partial charge in [-0.25, -0.2) is 9.59 Å². The Kier molecular flexibility index (Phi) is 4.38. The number of carboxylic acids is 1. The fraction of sp³-hybridized carbons (Fsp3) is 0.167. The molecule has 0 fully saturated rings. The van der Waals surface area contributed by atoms with Crippen LogP contribution in [0.3, 0.4) is 0 Å². The van der Waals surface area contributed by atoms with E-state index in [1.54, 1.807) is 17.0 Å². The molecule has 0 aliphatic heterocycles. The van der Waals surface area contributed by atoms with E-state index in [0.717, 1.165) is 10.3 Å². The quantitative estimate of drug-likeness (QED) is 0.769. The van der Waals surface area contributed by atoms with E-state index in [0.29, 0.717) is 6.54 Å². The molecule has 7 nitrogen and oxygen atoms in total. The van der Waals surface area contributed by atoms with E-state index in [4.69, 9.17) is 9.52 Å². The van der Waals surface area contributed by atoms with Crippen molar-refractivity contribution in [1.29, 1.82) is 0 Å². The molecular weight excluding hydrogens is 324 g/mol. The molecule has 0 aliphatic carbocycles. The molecule has 3 rings (SSSR count). The van der Waals surface area contributed by atoms with Crippen molar-refractivity contribution in [3.05, 3.63) is 64.6 Å². The van der Waals surface area contributed by atoms with Gasteiger partial charge >= 0.3 is 11.7 Å². The van der Waals surface area contributed by atoms with Crippen molar-refractivity contribution in [2.45, 2.75) is 13.5 Å². The lowest BCUT2D eigenvalue weighted by Gasteiger charge is -2.21. The summed E-state index contributed by atoms with van der Waals surface area (Å²) in [6.45, 7) is 2.04. The zero-order valence-electron chi connectivity index (χ0n) is 13.5. The third-order valence-electron chi connectivity index (χ3n) is 3.89. The number of anilines is 1. The van der Waals surface area contributed by atoms with Crippen molar-refractivity contribution in [1.82, 2.24) is 4.57 Å². The van der Waals surface area contributed by atoms with Crippen LogP contribution in [0.15, 0.2) is 57.7 Å². The van der Waals surface area contributed by atoms with Gasteiger partial charge in [-0.05, 0) is 37.3 Å². The van der Waals surface area contributed by atoms with Crippen LogP contribution in [0.5, 0.6) is 0 Å². The highest BCUT2D eigenvalue weighted by molar-refractivity contribution is 5.95. The summed E-state index contributed by atoms with van der Waals surface area (Å²) < 4.78 is 6.25. The maximum Gasteiger partial charge on any atom is 0.420 e. The maximum atomic E-state index is 12.7. The largest absolute Gasteiger partial charge is 0.478 e. The summed E-state index contributed by atoms with van der Waals surface area (Å²) >= 11 is 0. The van der Waals surface area contributed by atoms with E-state index in [9.17, 15) is 14.4 Å². The minimum Gasteiger partial charge on any atom is -0.478 e. The number of aromatic carboxylic acids is 1. The van der Waals surface area contributed by atoms with Crippen LogP contribution in [-0.4, -0.2) is 28.1 Å². The zero-order valence-corrected chi connectivity index (χ0v) is 13.5. The number of carboxylic acid groups (broad SMARTS) is 1. The van der Waals surface area contributed by atoms with E-state index >= 15 is 0 Å². The lowest BCUT2D eigenvalue weighted by Crippen LogP contribution is -2.35. The fourth-order valence-electron chi connectivity index (χ4n) is 2.68. The van der Waals surface area contributed by atoms with Crippen molar-refractivity contribution in [3.8, 4) is 0 Å². The molecule has 0 aliphatic rings. The van der Waals surface area contributed by atoms with Gasteiger partial charge in [0.25, 0.3) is 0 Å². The molecule has 2 aromatic carbocycles. The molecule has 0 saturated carbocycles. The number of hydrogen-bond donors (Lipinski definition) is 1. The third-order valence-corrected chi connectivity index (χ3v) is 3.89. The van der Waals surface area contributed by atoms with Crippen molar-refractivity contribution < 1.29 is 19.1 Å². The van der Waals surface area contributed by atoms with Gasteiger partial charge in [-0.2, -0.15) is 0 Å². The Morgan fingerprint density at radius 3 is 2.52 bits per heavy atom. The number of carbonyl (C=O) groups excluding carboxylic acids is 1. The Hall–Kier alpha value is -3.35. The minimum absolute atomic E-state index is 0.0184. The van der Waals surface area contributed by atoms with Gasteiger partial charge in [0.2, 0.25) is 5.91 Å². The molecule has 0 atom stereocenters. The summed E-state index contributed by atoms with van der Waals surface area (Å²) in [7, 11) is 0. The van der Waals surface area contributed by atoms with Gasteiger partial charge in [0.15, 0.2) is 5.58 Å². The number of hydrogen-bond acceptors (Lipinski definition) is 4. The highest BCUT2D eigenvalue weighted by atomic mass is 16.4. The van der Waals surface area contributed by atoms with Gasteiger partial charge in [0, 0.05) is 12.2 Å². The molecule has 3 aromatic rings. The number of rotatable bonds is 5. The normalized spacial score (nSPS) is 10.8. The molecule has 1 N–H and O–H groups in total. The molecule has 0 unspecified atom stereocenters. The van der Waals surface area contributed by atoms with Gasteiger partial charge < -0.3 is 14.4 Å². The Morgan fingerprint density at radius 1 is 1.16 bits per heavy atom. The summed E-state index contributed by atoms with van der Waals surface area (Å²) in [5.74, 6) is -2.11. The number of likely N-dealkylation sites (N-methyl/N-ethyl adjacent to an activating group) is 1. The first-order chi connectivity index (χ1) is 12.0. The van der Waals surface area contributed by atoms with Crippen LogP contribution in [0.25, 0.3) is 11.1 Å². The van der Waals surface area contributed by atoms with Crippen LogP contribution in [0.2, 0.25) is 0 Å². The Morgan fingerprint density at radius 2 is 1.88 bits per heavy atom. The second kappa shape index (κ2) is 6.64. The summed E-state index contributed by atoms with van der Waals surface area (Å²) in [6.07, 6.45) is 0. The van der Waals surface area contributed by atoms with Crippen molar-refractivity contribution >= 4 is 28.7 Å². The van der Waals surface area contributed by atoms with Gasteiger partial charge in [-0.15, -0.1) is 0 Å². The maximum absolute atomic E-state index is 12.7. The molecule has 0 spiro atoms. The van der Waals surface area contributed by atoms with E-state index in [1.165, 1.54) is 18.2 Å². The molecule has 1 heterocycles. The van der Waals surface area contributed by atoms with Crippen LogP contribution >= 0.6 is 0 Å². The fourth-order valence-corrected chi connectivity index (χ4v) is 2.68. The number of oxazole rings is 1. The van der Waals surface area contributed by atoms with Gasteiger partial charge in [-0.3, -0.25) is 9.36 Å². The summed E-state index contributed by atoms with van der Waals surface area (Å²) in [5.41, 5.74) is 1.26. The molecule has 1 aromatic heterocycles. The molecule has 25 heavy (non-hydrogen) atoms. The highest BCUT2D eigenvalue weighted by Crippen LogP contribution is 2.17. The predicted molar refractivity (Wildman–Crippen MR) is 91.9 cm³/mol. The average Bonchev–Trinajstić information content (AvgIpc) is 2.91. The molecule has 1 amide bonds. The summed E-state index contributed by atoms with van der Waals surface area (Å²) in [5, 5.41) is 9.11. The summed E-state index contributed by atoms with van der Waals surface area (Å²) in [6, 6.07) is 13.2. The number of nitrogens with zero attached hydrogens (tertiary/aromatic N) is 2. The van der Waals surface area contributed by atoms with Crippen LogP contribution in [0, 0.1) is 0 Å². The van der Waals surface area contributed by atoms with E-state index in [-0.39, 0.29) is 29.1 Å². The zero-order chi connectivity index (χ0) is 18.0. The molecule has 0 bridgehead atoms. The monoisotopic (exact) mass is 340 g/mol. The molecule has 7 heteroatoms.